The second-order valence-electron chi connectivity index (χ2n) is 12.2. The lowest BCUT2D eigenvalue weighted by Crippen LogP contribution is -2.09. The lowest BCUT2D eigenvalue weighted by atomic mass is 9.92. The molecule has 226 valence electrons. The van der Waals surface area contributed by atoms with E-state index in [4.69, 9.17) is 4.42 Å². The van der Waals surface area contributed by atoms with Crippen molar-refractivity contribution in [2.24, 2.45) is 0 Å². The lowest BCUT2D eigenvalue weighted by Gasteiger charge is -2.26. The summed E-state index contributed by atoms with van der Waals surface area (Å²) in [5.74, 6) is 0. The average Bonchev–Trinajstić information content (AvgIpc) is 3.53. The van der Waals surface area contributed by atoms with Crippen LogP contribution in [0.15, 0.2) is 192 Å². The highest BCUT2D eigenvalue weighted by Crippen LogP contribution is 2.42. The van der Waals surface area contributed by atoms with Gasteiger partial charge in [-0.15, -0.1) is 0 Å². The van der Waals surface area contributed by atoms with Crippen LogP contribution in [0.25, 0.3) is 66.1 Å². The Bertz CT molecular complexity index is 2530. The largest absolute Gasteiger partial charge is 0.456 e. The Balaban J connectivity index is 1.17. The minimum absolute atomic E-state index is 0.895. The first-order valence-electron chi connectivity index (χ1n) is 16.3. The third kappa shape index (κ3) is 5.01. The van der Waals surface area contributed by atoms with Crippen molar-refractivity contribution in [3.63, 3.8) is 0 Å². The van der Waals surface area contributed by atoms with Crippen LogP contribution in [0.5, 0.6) is 0 Å². The molecule has 1 heterocycles. The highest BCUT2D eigenvalue weighted by atomic mass is 16.3. The Morgan fingerprint density at radius 2 is 0.833 bits per heavy atom. The van der Waals surface area contributed by atoms with E-state index in [1.165, 1.54) is 33.0 Å². The molecule has 48 heavy (non-hydrogen) atoms. The van der Waals surface area contributed by atoms with Gasteiger partial charge in [0.1, 0.15) is 11.2 Å². The van der Waals surface area contributed by atoms with Crippen molar-refractivity contribution in [2.75, 3.05) is 4.90 Å². The van der Waals surface area contributed by atoms with Crippen LogP contribution in [0.2, 0.25) is 0 Å². The number of furan rings is 1. The fraction of sp³-hybridized carbons (Fsp3) is 0. The molecule has 0 unspecified atom stereocenters. The maximum Gasteiger partial charge on any atom is 0.136 e. The van der Waals surface area contributed by atoms with E-state index >= 15 is 0 Å². The molecule has 0 saturated heterocycles. The molecule has 8 aromatic carbocycles. The summed E-state index contributed by atoms with van der Waals surface area (Å²) in [5.41, 5.74) is 12.2. The van der Waals surface area contributed by atoms with E-state index in [0.717, 1.165) is 50.1 Å². The van der Waals surface area contributed by atoms with Crippen molar-refractivity contribution in [1.29, 1.82) is 0 Å². The van der Waals surface area contributed by atoms with Crippen LogP contribution < -0.4 is 4.90 Å². The monoisotopic (exact) mass is 613 g/mol. The molecule has 1 aromatic heterocycles. The summed E-state index contributed by atoms with van der Waals surface area (Å²) < 4.78 is 6.35. The summed E-state index contributed by atoms with van der Waals surface area (Å²) in [7, 11) is 0. The fourth-order valence-corrected chi connectivity index (χ4v) is 6.85. The van der Waals surface area contributed by atoms with Gasteiger partial charge in [0, 0.05) is 27.8 Å². The van der Waals surface area contributed by atoms with Gasteiger partial charge in [0.15, 0.2) is 0 Å². The van der Waals surface area contributed by atoms with Gasteiger partial charge in [-0.1, -0.05) is 133 Å². The van der Waals surface area contributed by atoms with Crippen molar-refractivity contribution < 1.29 is 4.42 Å². The molecule has 0 amide bonds. The SMILES string of the molecule is c1ccc(-c2ccc(N(c3ccc(-c4cc5oc6ccccc6c5cc4-c4ccccc4)cc3)c3ccc4ccccc4c3)cc2)cc1. The predicted octanol–water partition coefficient (Wildman–Crippen LogP) is 13.2. The summed E-state index contributed by atoms with van der Waals surface area (Å²) in [5, 5.41) is 4.71. The number of rotatable bonds is 6. The van der Waals surface area contributed by atoms with Gasteiger partial charge in [0.25, 0.3) is 0 Å². The number of hydrogen-bond donors (Lipinski definition) is 0. The van der Waals surface area contributed by atoms with Gasteiger partial charge in [0.2, 0.25) is 0 Å². The minimum Gasteiger partial charge on any atom is -0.456 e. The van der Waals surface area contributed by atoms with Crippen molar-refractivity contribution >= 4 is 49.8 Å². The molecule has 2 heteroatoms. The van der Waals surface area contributed by atoms with E-state index in [-0.39, 0.29) is 0 Å². The number of fused-ring (bicyclic) bond motifs is 4. The number of para-hydroxylation sites is 1. The van der Waals surface area contributed by atoms with Crippen LogP contribution in [0.4, 0.5) is 17.1 Å². The average molecular weight is 614 g/mol. The first kappa shape index (κ1) is 27.9. The second-order valence-corrected chi connectivity index (χ2v) is 12.2. The van der Waals surface area contributed by atoms with Gasteiger partial charge in [-0.3, -0.25) is 0 Å². The Kier molecular flexibility index (Phi) is 6.84. The molecule has 0 bridgehead atoms. The number of benzene rings is 8. The van der Waals surface area contributed by atoms with Gasteiger partial charge >= 0.3 is 0 Å². The second kappa shape index (κ2) is 11.8. The topological polar surface area (TPSA) is 16.4 Å². The Labute approximate surface area is 279 Å². The van der Waals surface area contributed by atoms with Gasteiger partial charge in [-0.05, 0) is 98.8 Å². The molecule has 0 fully saturated rings. The van der Waals surface area contributed by atoms with E-state index < -0.39 is 0 Å². The van der Waals surface area contributed by atoms with Crippen LogP contribution >= 0.6 is 0 Å². The quantitative estimate of drug-likeness (QED) is 0.185. The summed E-state index contributed by atoms with van der Waals surface area (Å²) >= 11 is 0. The molecule has 0 aliphatic rings. The van der Waals surface area contributed by atoms with E-state index in [1.54, 1.807) is 0 Å². The van der Waals surface area contributed by atoms with Crippen molar-refractivity contribution in [2.45, 2.75) is 0 Å². The van der Waals surface area contributed by atoms with Crippen LogP contribution in [-0.4, -0.2) is 0 Å². The zero-order valence-corrected chi connectivity index (χ0v) is 26.3. The molecule has 9 aromatic rings. The van der Waals surface area contributed by atoms with Gasteiger partial charge in [-0.25, -0.2) is 0 Å². The maximum absolute atomic E-state index is 6.35. The summed E-state index contributed by atoms with van der Waals surface area (Å²) in [6, 6.07) is 66.9. The van der Waals surface area contributed by atoms with E-state index in [1.807, 2.05) is 12.1 Å². The zero-order valence-electron chi connectivity index (χ0n) is 26.3. The van der Waals surface area contributed by atoms with Crippen molar-refractivity contribution in [3.05, 3.63) is 188 Å². The van der Waals surface area contributed by atoms with Crippen molar-refractivity contribution in [1.82, 2.24) is 0 Å². The first-order chi connectivity index (χ1) is 23.8. The Morgan fingerprint density at radius 3 is 1.56 bits per heavy atom. The summed E-state index contributed by atoms with van der Waals surface area (Å²) in [4.78, 5) is 2.34. The highest BCUT2D eigenvalue weighted by molar-refractivity contribution is 6.09. The lowest BCUT2D eigenvalue weighted by molar-refractivity contribution is 0.669. The Hall–Kier alpha value is -6.38. The van der Waals surface area contributed by atoms with Gasteiger partial charge < -0.3 is 9.32 Å². The number of nitrogens with zero attached hydrogens (tertiary/aromatic N) is 1. The molecule has 0 saturated carbocycles. The Morgan fingerprint density at radius 1 is 0.312 bits per heavy atom. The van der Waals surface area contributed by atoms with Crippen molar-refractivity contribution in [3.8, 4) is 33.4 Å². The van der Waals surface area contributed by atoms with Crippen LogP contribution in [0.3, 0.4) is 0 Å². The molecular formula is C46H31NO. The van der Waals surface area contributed by atoms with Gasteiger partial charge in [0.05, 0.1) is 0 Å². The third-order valence-electron chi connectivity index (χ3n) is 9.26. The summed E-state index contributed by atoms with van der Waals surface area (Å²) in [6.07, 6.45) is 0. The van der Waals surface area contributed by atoms with E-state index in [2.05, 4.69) is 181 Å². The molecule has 0 atom stereocenters. The molecule has 9 rings (SSSR count). The molecule has 0 spiro atoms. The molecule has 0 aliphatic heterocycles. The fourth-order valence-electron chi connectivity index (χ4n) is 6.85. The molecule has 0 N–H and O–H groups in total. The first-order valence-corrected chi connectivity index (χ1v) is 16.3. The standard InChI is InChI=1S/C46H31NO/c1-3-11-32(12-4-1)34-19-24-38(25-20-34)47(40-28-21-33-13-7-8-16-37(33)29-40)39-26-22-36(23-27-39)43-31-46-44(41-17-9-10-18-45(41)48-46)30-42(43)35-14-5-2-6-15-35/h1-31H. The molecular weight excluding hydrogens is 583 g/mol. The highest BCUT2D eigenvalue weighted by Gasteiger charge is 2.17. The number of hydrogen-bond acceptors (Lipinski definition) is 2. The minimum atomic E-state index is 0.895. The van der Waals surface area contributed by atoms with E-state index in [0.29, 0.717) is 0 Å². The molecule has 0 radical (unpaired) electrons. The smallest absolute Gasteiger partial charge is 0.136 e. The summed E-state index contributed by atoms with van der Waals surface area (Å²) in [6.45, 7) is 0. The van der Waals surface area contributed by atoms with Crippen LogP contribution in [-0.2, 0) is 0 Å². The van der Waals surface area contributed by atoms with Gasteiger partial charge in [-0.2, -0.15) is 0 Å². The van der Waals surface area contributed by atoms with Crippen LogP contribution in [0, 0.1) is 0 Å². The zero-order chi connectivity index (χ0) is 31.9. The van der Waals surface area contributed by atoms with E-state index in [9.17, 15) is 0 Å². The number of anilines is 3. The third-order valence-corrected chi connectivity index (χ3v) is 9.26. The normalized spacial score (nSPS) is 11.3. The molecule has 0 aliphatic carbocycles. The predicted molar refractivity (Wildman–Crippen MR) is 202 cm³/mol. The molecule has 2 nitrogen and oxygen atoms in total. The maximum atomic E-state index is 6.35. The van der Waals surface area contributed by atoms with Crippen LogP contribution in [0.1, 0.15) is 0 Å².